The van der Waals surface area contributed by atoms with E-state index in [4.69, 9.17) is 4.74 Å². The van der Waals surface area contributed by atoms with Gasteiger partial charge in [-0.05, 0) is 65.3 Å². The van der Waals surface area contributed by atoms with Crippen molar-refractivity contribution in [2.45, 2.75) is 52.0 Å². The van der Waals surface area contributed by atoms with E-state index in [0.717, 1.165) is 21.3 Å². The summed E-state index contributed by atoms with van der Waals surface area (Å²) in [4.78, 5) is 25.2. The molecule has 0 saturated heterocycles. The first-order valence-corrected chi connectivity index (χ1v) is 13.8. The molecule has 4 rings (SSSR count). The first kappa shape index (κ1) is 28.1. The highest BCUT2D eigenvalue weighted by molar-refractivity contribution is 7.90. The van der Waals surface area contributed by atoms with Crippen molar-refractivity contribution in [2.24, 2.45) is 0 Å². The lowest BCUT2D eigenvalue weighted by Gasteiger charge is -2.35. The molecule has 0 aliphatic heterocycles. The van der Waals surface area contributed by atoms with E-state index in [2.05, 4.69) is 20.4 Å². The number of anilines is 1. The van der Waals surface area contributed by atoms with Crippen LogP contribution in [-0.4, -0.2) is 57.0 Å². The fourth-order valence-corrected chi connectivity index (χ4v) is 5.18. The zero-order valence-corrected chi connectivity index (χ0v) is 23.5. The lowest BCUT2D eigenvalue weighted by atomic mass is 10.1. The topological polar surface area (TPSA) is 119 Å². The minimum atomic E-state index is -4.01. The fraction of sp³-hybridized carbons (Fsp3) is 0.333. The minimum absolute atomic E-state index is 0.0825. The summed E-state index contributed by atoms with van der Waals surface area (Å²) in [6.07, 6.45) is 3.96. The maximum atomic E-state index is 14.9. The van der Waals surface area contributed by atoms with Gasteiger partial charge < -0.3 is 4.74 Å². The number of hydrazine groups is 1. The Morgan fingerprint density at radius 2 is 1.79 bits per heavy atom. The van der Waals surface area contributed by atoms with Crippen LogP contribution in [0.3, 0.4) is 0 Å². The second-order valence-corrected chi connectivity index (χ2v) is 11.9. The monoisotopic (exact) mass is 554 g/mol. The van der Waals surface area contributed by atoms with Crippen LogP contribution in [0, 0.1) is 19.7 Å². The molecule has 10 nitrogen and oxygen atoms in total. The molecule has 39 heavy (non-hydrogen) atoms. The number of nitrogens with one attached hydrogen (secondary N) is 1. The Morgan fingerprint density at radius 1 is 1.10 bits per heavy atom. The van der Waals surface area contributed by atoms with Gasteiger partial charge in [-0.15, -0.1) is 0 Å². The van der Waals surface area contributed by atoms with Gasteiger partial charge in [0.2, 0.25) is 0 Å². The molecule has 0 atom stereocenters. The van der Waals surface area contributed by atoms with Crippen molar-refractivity contribution in [1.82, 2.24) is 23.9 Å². The van der Waals surface area contributed by atoms with Gasteiger partial charge in [-0.25, -0.2) is 36.7 Å². The van der Waals surface area contributed by atoms with E-state index < -0.39 is 27.3 Å². The number of hydrogen-bond donors (Lipinski definition) is 1. The molecular weight excluding hydrogens is 523 g/mol. The van der Waals surface area contributed by atoms with Gasteiger partial charge in [-0.2, -0.15) is 0 Å². The molecule has 3 heterocycles. The Balaban J connectivity index is 1.82. The maximum absolute atomic E-state index is 14.9. The molecule has 0 saturated carbocycles. The standard InChI is InChI=1S/C27H31FN6O4S/c1-7-38-23(35)16-34(27(4,5)6)32-25-22(28)14-29-24(31-25)21-15-33(26-20(21)12-18(3)13-30-26)39(36,37)19-10-8-17(2)9-11-19/h8-15H,7,16H2,1-6H3,(H,29,31,32). The molecule has 0 bridgehead atoms. The third-order valence-electron chi connectivity index (χ3n) is 5.95. The van der Waals surface area contributed by atoms with E-state index in [-0.39, 0.29) is 35.3 Å². The van der Waals surface area contributed by atoms with Crippen molar-refractivity contribution in [3.8, 4) is 11.4 Å². The van der Waals surface area contributed by atoms with Crippen molar-refractivity contribution in [2.75, 3.05) is 18.6 Å². The SMILES string of the molecule is CCOC(=O)CN(Nc1nc(-c2cn(S(=O)(=O)c3ccc(C)cc3)c3ncc(C)cc23)ncc1F)C(C)(C)C. The van der Waals surface area contributed by atoms with Gasteiger partial charge in [0.25, 0.3) is 10.0 Å². The predicted molar refractivity (Wildman–Crippen MR) is 146 cm³/mol. The number of pyridine rings is 1. The van der Waals surface area contributed by atoms with Crippen LogP contribution in [-0.2, 0) is 19.6 Å². The molecule has 0 aliphatic rings. The smallest absolute Gasteiger partial charge is 0.322 e. The van der Waals surface area contributed by atoms with E-state index in [1.165, 1.54) is 23.3 Å². The van der Waals surface area contributed by atoms with Crippen LogP contribution in [0.15, 0.2) is 53.8 Å². The van der Waals surface area contributed by atoms with Crippen LogP contribution >= 0.6 is 0 Å². The Bertz CT molecular complexity index is 1630. The van der Waals surface area contributed by atoms with Crippen LogP contribution in [0.4, 0.5) is 10.2 Å². The van der Waals surface area contributed by atoms with Crippen LogP contribution < -0.4 is 5.43 Å². The molecule has 206 valence electrons. The molecular formula is C27H31FN6O4S. The summed E-state index contributed by atoms with van der Waals surface area (Å²) in [5, 5.41) is 2.00. The summed E-state index contributed by atoms with van der Waals surface area (Å²) in [6, 6.07) is 8.28. The van der Waals surface area contributed by atoms with Gasteiger partial charge in [0, 0.05) is 28.9 Å². The van der Waals surface area contributed by atoms with Crippen molar-refractivity contribution in [1.29, 1.82) is 0 Å². The molecule has 0 spiro atoms. The number of carbonyl (C=O) groups excluding carboxylic acids is 1. The third-order valence-corrected chi connectivity index (χ3v) is 7.62. The lowest BCUT2D eigenvalue weighted by Crippen LogP contribution is -2.48. The predicted octanol–water partition coefficient (Wildman–Crippen LogP) is 4.48. The summed E-state index contributed by atoms with van der Waals surface area (Å²) in [7, 11) is -4.01. The number of esters is 1. The minimum Gasteiger partial charge on any atom is -0.465 e. The Kier molecular flexibility index (Phi) is 7.71. The fourth-order valence-electron chi connectivity index (χ4n) is 3.85. The average Bonchev–Trinajstić information content (AvgIpc) is 3.24. The molecule has 0 radical (unpaired) electrons. The molecule has 0 aliphatic carbocycles. The number of halogens is 1. The second kappa shape index (κ2) is 10.7. The molecule has 0 amide bonds. The van der Waals surface area contributed by atoms with Crippen molar-refractivity contribution in [3.63, 3.8) is 0 Å². The average molecular weight is 555 g/mol. The van der Waals surface area contributed by atoms with E-state index in [1.807, 2.05) is 34.6 Å². The Morgan fingerprint density at radius 3 is 2.44 bits per heavy atom. The van der Waals surface area contributed by atoms with Crippen molar-refractivity contribution < 1.29 is 22.3 Å². The highest BCUT2D eigenvalue weighted by Crippen LogP contribution is 2.32. The van der Waals surface area contributed by atoms with Crippen molar-refractivity contribution in [3.05, 3.63) is 65.9 Å². The molecule has 1 N–H and O–H groups in total. The van der Waals surface area contributed by atoms with Gasteiger partial charge in [0.1, 0.15) is 6.54 Å². The largest absolute Gasteiger partial charge is 0.465 e. The Hall–Kier alpha value is -3.90. The van der Waals surface area contributed by atoms with Gasteiger partial charge >= 0.3 is 5.97 Å². The van der Waals surface area contributed by atoms with Crippen LogP contribution in [0.1, 0.15) is 38.8 Å². The number of aromatic nitrogens is 4. The molecule has 4 aromatic rings. The number of nitrogens with zero attached hydrogens (tertiary/aromatic N) is 5. The maximum Gasteiger partial charge on any atom is 0.322 e. The summed E-state index contributed by atoms with van der Waals surface area (Å²) in [6.45, 7) is 11.0. The molecule has 12 heteroatoms. The summed E-state index contributed by atoms with van der Waals surface area (Å²) < 4.78 is 48.2. The van der Waals surface area contributed by atoms with E-state index in [9.17, 15) is 17.6 Å². The number of fused-ring (bicyclic) bond motifs is 1. The number of benzene rings is 1. The van der Waals surface area contributed by atoms with Crippen LogP contribution in [0.2, 0.25) is 0 Å². The molecule has 3 aromatic heterocycles. The molecule has 0 unspecified atom stereocenters. The number of carbonyl (C=O) groups is 1. The van der Waals surface area contributed by atoms with Crippen LogP contribution in [0.5, 0.6) is 0 Å². The van der Waals surface area contributed by atoms with Crippen molar-refractivity contribution >= 4 is 32.8 Å². The van der Waals surface area contributed by atoms with E-state index in [1.54, 1.807) is 31.3 Å². The zero-order chi connectivity index (χ0) is 28.5. The van der Waals surface area contributed by atoms with Crippen LogP contribution in [0.25, 0.3) is 22.4 Å². The first-order chi connectivity index (χ1) is 18.3. The van der Waals surface area contributed by atoms with E-state index >= 15 is 0 Å². The summed E-state index contributed by atoms with van der Waals surface area (Å²) in [5.41, 5.74) is 4.54. The summed E-state index contributed by atoms with van der Waals surface area (Å²) in [5.74, 6) is -1.33. The quantitative estimate of drug-likeness (QED) is 0.248. The number of rotatable bonds is 8. The third kappa shape index (κ3) is 5.91. The second-order valence-electron chi connectivity index (χ2n) is 10.1. The molecule has 1 aromatic carbocycles. The first-order valence-electron chi connectivity index (χ1n) is 12.3. The highest BCUT2D eigenvalue weighted by Gasteiger charge is 2.28. The summed E-state index contributed by atoms with van der Waals surface area (Å²) >= 11 is 0. The number of ether oxygens (including phenoxy) is 1. The van der Waals surface area contributed by atoms with Gasteiger partial charge in [-0.3, -0.25) is 10.2 Å². The van der Waals surface area contributed by atoms with Gasteiger partial charge in [0.15, 0.2) is 23.1 Å². The lowest BCUT2D eigenvalue weighted by molar-refractivity contribution is -0.145. The highest BCUT2D eigenvalue weighted by atomic mass is 32.2. The normalized spacial score (nSPS) is 12.2. The number of hydrogen-bond acceptors (Lipinski definition) is 9. The van der Waals surface area contributed by atoms with Gasteiger partial charge in [-0.1, -0.05) is 17.7 Å². The van der Waals surface area contributed by atoms with E-state index in [0.29, 0.717) is 10.9 Å². The Labute approximate surface area is 226 Å². The molecule has 0 fully saturated rings. The van der Waals surface area contributed by atoms with Gasteiger partial charge in [0.05, 0.1) is 17.7 Å². The number of aryl methyl sites for hydroxylation is 2. The zero-order valence-electron chi connectivity index (χ0n) is 22.7.